The maximum atomic E-state index is 10.7. The van der Waals surface area contributed by atoms with E-state index in [1.165, 1.54) is 6.20 Å². The molecule has 80 valence electrons. The number of hydrogen-bond acceptors (Lipinski definition) is 3. The molecule has 0 bridgehead atoms. The number of carboxylic acid groups (broad SMARTS) is 1. The second-order valence-electron chi connectivity index (χ2n) is 4.36. The van der Waals surface area contributed by atoms with Gasteiger partial charge in [0, 0.05) is 11.8 Å². The number of carboxylic acids is 1. The molecule has 0 saturated carbocycles. The molecule has 2 rings (SSSR count). The predicted molar refractivity (Wildman–Crippen MR) is 54.2 cm³/mol. The van der Waals surface area contributed by atoms with Gasteiger partial charge in [0.25, 0.3) is 0 Å². The van der Waals surface area contributed by atoms with Crippen LogP contribution in [0.4, 0.5) is 0 Å². The molecule has 0 aromatic carbocycles. The molecule has 0 spiro atoms. The number of pyridine rings is 1. The first kappa shape index (κ1) is 9.96. The van der Waals surface area contributed by atoms with Gasteiger partial charge in [-0.25, -0.2) is 9.78 Å². The Labute approximate surface area is 87.9 Å². The summed E-state index contributed by atoms with van der Waals surface area (Å²) in [4.78, 5) is 14.8. The summed E-state index contributed by atoms with van der Waals surface area (Å²) >= 11 is 0. The lowest BCUT2D eigenvalue weighted by Crippen LogP contribution is -2.33. The number of aromatic carboxylic acids is 1. The molecule has 1 aromatic heterocycles. The summed E-state index contributed by atoms with van der Waals surface area (Å²) < 4.78 is 5.65. The van der Waals surface area contributed by atoms with E-state index in [1.807, 2.05) is 13.8 Å². The summed E-state index contributed by atoms with van der Waals surface area (Å²) in [7, 11) is 0. The van der Waals surface area contributed by atoms with Crippen molar-refractivity contribution in [2.75, 3.05) is 0 Å². The largest absolute Gasteiger partial charge is 0.478 e. The van der Waals surface area contributed by atoms with E-state index < -0.39 is 5.97 Å². The van der Waals surface area contributed by atoms with E-state index in [-0.39, 0.29) is 11.2 Å². The Morgan fingerprint density at radius 1 is 1.60 bits per heavy atom. The first-order valence-electron chi connectivity index (χ1n) is 4.89. The fourth-order valence-electron chi connectivity index (χ4n) is 1.63. The first-order chi connectivity index (χ1) is 6.98. The van der Waals surface area contributed by atoms with Crippen molar-refractivity contribution in [3.8, 4) is 5.88 Å². The fraction of sp³-hybridized carbons (Fsp3) is 0.455. The van der Waals surface area contributed by atoms with E-state index >= 15 is 0 Å². The van der Waals surface area contributed by atoms with Gasteiger partial charge in [-0.05, 0) is 32.8 Å². The fourth-order valence-corrected chi connectivity index (χ4v) is 1.63. The highest BCUT2D eigenvalue weighted by atomic mass is 16.5. The molecule has 0 saturated heterocycles. The maximum absolute atomic E-state index is 10.7. The Bertz CT molecular complexity index is 412. The Morgan fingerprint density at radius 3 is 3.00 bits per heavy atom. The minimum atomic E-state index is -0.949. The Morgan fingerprint density at radius 2 is 2.33 bits per heavy atom. The molecule has 4 heteroatoms. The zero-order valence-corrected chi connectivity index (χ0v) is 8.78. The Hall–Kier alpha value is -1.58. The second kappa shape index (κ2) is 3.22. The predicted octanol–water partition coefficient (Wildman–Crippen LogP) is 1.88. The normalized spacial score (nSPS) is 17.7. The molecule has 0 unspecified atom stereocenters. The van der Waals surface area contributed by atoms with Crippen LogP contribution >= 0.6 is 0 Å². The minimum absolute atomic E-state index is 0.204. The van der Waals surface area contributed by atoms with Crippen LogP contribution in [-0.4, -0.2) is 21.7 Å². The van der Waals surface area contributed by atoms with Crippen molar-refractivity contribution in [2.24, 2.45) is 0 Å². The smallest absolute Gasteiger partial charge is 0.337 e. The van der Waals surface area contributed by atoms with Gasteiger partial charge in [-0.15, -0.1) is 0 Å². The summed E-state index contributed by atoms with van der Waals surface area (Å²) in [6, 6.07) is 1.64. The summed E-state index contributed by atoms with van der Waals surface area (Å²) in [6.07, 6.45) is 3.03. The minimum Gasteiger partial charge on any atom is -0.478 e. The van der Waals surface area contributed by atoms with Gasteiger partial charge >= 0.3 is 5.97 Å². The number of hydrogen-bond donors (Lipinski definition) is 1. The van der Waals surface area contributed by atoms with Crippen LogP contribution in [0, 0.1) is 0 Å². The van der Waals surface area contributed by atoms with E-state index in [2.05, 4.69) is 4.98 Å². The average molecular weight is 207 g/mol. The number of carbonyl (C=O) groups is 1. The van der Waals surface area contributed by atoms with Crippen molar-refractivity contribution in [3.05, 3.63) is 23.4 Å². The van der Waals surface area contributed by atoms with Gasteiger partial charge in [-0.2, -0.15) is 0 Å². The third-order valence-corrected chi connectivity index (χ3v) is 2.54. The van der Waals surface area contributed by atoms with E-state index in [0.717, 1.165) is 18.4 Å². The van der Waals surface area contributed by atoms with Crippen molar-refractivity contribution in [1.82, 2.24) is 4.98 Å². The number of aromatic nitrogens is 1. The van der Waals surface area contributed by atoms with Gasteiger partial charge in [0.1, 0.15) is 5.60 Å². The third-order valence-electron chi connectivity index (χ3n) is 2.54. The highest BCUT2D eigenvalue weighted by Gasteiger charge is 2.27. The molecule has 15 heavy (non-hydrogen) atoms. The molecule has 0 radical (unpaired) electrons. The second-order valence-corrected chi connectivity index (χ2v) is 4.36. The van der Waals surface area contributed by atoms with Gasteiger partial charge < -0.3 is 9.84 Å². The lowest BCUT2D eigenvalue weighted by atomic mass is 9.95. The Kier molecular flexibility index (Phi) is 2.14. The van der Waals surface area contributed by atoms with E-state index in [1.54, 1.807) is 6.07 Å². The molecular weight excluding hydrogens is 194 g/mol. The van der Waals surface area contributed by atoms with Crippen LogP contribution in [0.25, 0.3) is 0 Å². The first-order valence-corrected chi connectivity index (χ1v) is 4.89. The van der Waals surface area contributed by atoms with Gasteiger partial charge in [-0.1, -0.05) is 0 Å². The van der Waals surface area contributed by atoms with Crippen LogP contribution in [0.3, 0.4) is 0 Å². The summed E-state index contributed by atoms with van der Waals surface area (Å²) in [5.74, 6) is -0.383. The standard InChI is InChI=1S/C11H13NO3/c1-11(2)4-3-7-5-8(10(13)14)6-12-9(7)15-11/h5-6H,3-4H2,1-2H3,(H,13,14). The lowest BCUT2D eigenvalue weighted by Gasteiger charge is -2.31. The number of fused-ring (bicyclic) bond motifs is 1. The highest BCUT2D eigenvalue weighted by Crippen LogP contribution is 2.31. The number of rotatable bonds is 1. The molecule has 1 N–H and O–H groups in total. The van der Waals surface area contributed by atoms with Gasteiger partial charge in [0.05, 0.1) is 5.56 Å². The molecule has 0 amide bonds. The molecule has 1 aromatic rings. The van der Waals surface area contributed by atoms with Crippen LogP contribution in [-0.2, 0) is 6.42 Å². The zero-order chi connectivity index (χ0) is 11.1. The van der Waals surface area contributed by atoms with E-state index in [9.17, 15) is 4.79 Å². The van der Waals surface area contributed by atoms with E-state index in [0.29, 0.717) is 5.88 Å². The third kappa shape index (κ3) is 1.93. The molecule has 0 fully saturated rings. The molecular formula is C11H13NO3. The van der Waals surface area contributed by atoms with Gasteiger partial charge in [0.2, 0.25) is 5.88 Å². The monoisotopic (exact) mass is 207 g/mol. The topological polar surface area (TPSA) is 59.4 Å². The average Bonchev–Trinajstić information content (AvgIpc) is 2.15. The van der Waals surface area contributed by atoms with Crippen molar-refractivity contribution < 1.29 is 14.6 Å². The van der Waals surface area contributed by atoms with Gasteiger partial charge in [-0.3, -0.25) is 0 Å². The molecule has 4 nitrogen and oxygen atoms in total. The molecule has 2 heterocycles. The molecule has 0 aliphatic carbocycles. The van der Waals surface area contributed by atoms with Gasteiger partial charge in [0.15, 0.2) is 0 Å². The van der Waals surface area contributed by atoms with Crippen LogP contribution in [0.15, 0.2) is 12.3 Å². The summed E-state index contributed by atoms with van der Waals surface area (Å²) in [5, 5.41) is 8.81. The summed E-state index contributed by atoms with van der Waals surface area (Å²) in [6.45, 7) is 4.01. The Balaban J connectivity index is 2.36. The molecule has 1 aliphatic heterocycles. The van der Waals surface area contributed by atoms with E-state index in [4.69, 9.17) is 9.84 Å². The quantitative estimate of drug-likeness (QED) is 0.763. The maximum Gasteiger partial charge on any atom is 0.337 e. The van der Waals surface area contributed by atoms with Crippen molar-refractivity contribution >= 4 is 5.97 Å². The number of aryl methyl sites for hydroxylation is 1. The van der Waals surface area contributed by atoms with Crippen LogP contribution in [0.2, 0.25) is 0 Å². The molecule has 1 aliphatic rings. The summed E-state index contributed by atoms with van der Waals surface area (Å²) in [5.41, 5.74) is 0.899. The van der Waals surface area contributed by atoms with Crippen LogP contribution in [0.1, 0.15) is 36.2 Å². The zero-order valence-electron chi connectivity index (χ0n) is 8.78. The number of nitrogens with zero attached hydrogens (tertiary/aromatic N) is 1. The lowest BCUT2D eigenvalue weighted by molar-refractivity contribution is 0.0692. The van der Waals surface area contributed by atoms with Crippen molar-refractivity contribution in [3.63, 3.8) is 0 Å². The van der Waals surface area contributed by atoms with Crippen LogP contribution in [0.5, 0.6) is 5.88 Å². The van der Waals surface area contributed by atoms with Crippen molar-refractivity contribution in [2.45, 2.75) is 32.3 Å². The highest BCUT2D eigenvalue weighted by molar-refractivity contribution is 5.87. The van der Waals surface area contributed by atoms with Crippen LogP contribution < -0.4 is 4.74 Å². The van der Waals surface area contributed by atoms with Crippen molar-refractivity contribution in [1.29, 1.82) is 0 Å². The number of ether oxygens (including phenoxy) is 1. The molecule has 0 atom stereocenters. The SMILES string of the molecule is CC1(C)CCc2cc(C(=O)O)cnc2O1.